The molecular formula is C22H24F2N6. The van der Waals surface area contributed by atoms with E-state index < -0.39 is 11.6 Å². The van der Waals surface area contributed by atoms with Gasteiger partial charge in [0.1, 0.15) is 18.0 Å². The molecule has 2 aliphatic rings. The molecule has 0 amide bonds. The molecule has 2 saturated heterocycles. The van der Waals surface area contributed by atoms with Crippen molar-refractivity contribution in [3.05, 3.63) is 59.9 Å². The van der Waals surface area contributed by atoms with E-state index in [1.807, 2.05) is 6.07 Å². The molecular weight excluding hydrogens is 386 g/mol. The lowest BCUT2D eigenvalue weighted by atomic mass is 10.1. The number of rotatable bonds is 4. The zero-order chi connectivity index (χ0) is 20.7. The summed E-state index contributed by atoms with van der Waals surface area (Å²) < 4.78 is 28.3. The minimum atomic E-state index is -0.652. The number of nitrogens with one attached hydrogen (secondary N) is 1. The van der Waals surface area contributed by atoms with Crippen LogP contribution in [0.3, 0.4) is 0 Å². The first kappa shape index (κ1) is 19.0. The second kappa shape index (κ2) is 7.68. The Balaban J connectivity index is 1.35. The van der Waals surface area contributed by atoms with Crippen molar-refractivity contribution in [2.75, 3.05) is 36.4 Å². The third-order valence-electron chi connectivity index (χ3n) is 5.87. The monoisotopic (exact) mass is 410 g/mol. The van der Waals surface area contributed by atoms with E-state index in [2.05, 4.69) is 44.3 Å². The zero-order valence-corrected chi connectivity index (χ0v) is 16.9. The summed E-state index contributed by atoms with van der Waals surface area (Å²) in [6.07, 6.45) is 4.00. The molecule has 8 heteroatoms. The largest absolute Gasteiger partial charge is 0.369 e. The summed E-state index contributed by atoms with van der Waals surface area (Å²) in [6.45, 7) is 6.49. The molecule has 0 unspecified atom stereocenters. The Morgan fingerprint density at radius 1 is 0.967 bits per heavy atom. The van der Waals surface area contributed by atoms with Crippen LogP contribution in [0.25, 0.3) is 5.69 Å². The van der Waals surface area contributed by atoms with Crippen molar-refractivity contribution >= 4 is 17.3 Å². The summed E-state index contributed by atoms with van der Waals surface area (Å²) >= 11 is 0. The molecule has 0 aliphatic carbocycles. The topological polar surface area (TPSA) is 49.2 Å². The molecule has 0 spiro atoms. The van der Waals surface area contributed by atoms with Gasteiger partial charge in [-0.3, -0.25) is 4.90 Å². The van der Waals surface area contributed by atoms with E-state index in [1.54, 1.807) is 0 Å². The number of benzene rings is 2. The predicted molar refractivity (Wildman–Crippen MR) is 113 cm³/mol. The SMILES string of the molecule is Cc1cc(Nc2ncn(-c3cc(F)cc(F)c3)n2)cc(N2CCN3CCC[C@@H]3C2)c1. The van der Waals surface area contributed by atoms with Crippen molar-refractivity contribution in [1.82, 2.24) is 19.7 Å². The van der Waals surface area contributed by atoms with Crippen LogP contribution in [0.2, 0.25) is 0 Å². The first-order valence-electron chi connectivity index (χ1n) is 10.3. The first-order valence-corrected chi connectivity index (χ1v) is 10.3. The summed E-state index contributed by atoms with van der Waals surface area (Å²) in [4.78, 5) is 9.28. The summed E-state index contributed by atoms with van der Waals surface area (Å²) in [6, 6.07) is 10.3. The maximum atomic E-state index is 13.5. The fraction of sp³-hybridized carbons (Fsp3) is 0.364. The lowest BCUT2D eigenvalue weighted by molar-refractivity contribution is 0.231. The fourth-order valence-electron chi connectivity index (χ4n) is 4.49. The van der Waals surface area contributed by atoms with Crippen LogP contribution >= 0.6 is 0 Å². The maximum absolute atomic E-state index is 13.5. The molecule has 3 aromatic rings. The number of anilines is 3. The van der Waals surface area contributed by atoms with Crippen molar-refractivity contribution < 1.29 is 8.78 Å². The summed E-state index contributed by atoms with van der Waals surface area (Å²) in [5.74, 6) is -0.932. The molecule has 1 aromatic heterocycles. The van der Waals surface area contributed by atoms with Gasteiger partial charge in [0.15, 0.2) is 0 Å². The van der Waals surface area contributed by atoms with Crippen molar-refractivity contribution in [2.24, 2.45) is 0 Å². The van der Waals surface area contributed by atoms with Gasteiger partial charge >= 0.3 is 0 Å². The summed E-state index contributed by atoms with van der Waals surface area (Å²) in [5.41, 5.74) is 3.51. The average Bonchev–Trinajstić information content (AvgIpc) is 3.35. The number of fused-ring (bicyclic) bond motifs is 1. The highest BCUT2D eigenvalue weighted by molar-refractivity contribution is 5.64. The van der Waals surface area contributed by atoms with Crippen molar-refractivity contribution in [3.8, 4) is 5.69 Å². The average molecular weight is 410 g/mol. The molecule has 0 radical (unpaired) electrons. The molecule has 3 heterocycles. The van der Waals surface area contributed by atoms with Crippen LogP contribution in [0, 0.1) is 18.6 Å². The van der Waals surface area contributed by atoms with E-state index >= 15 is 0 Å². The molecule has 2 aromatic carbocycles. The van der Waals surface area contributed by atoms with E-state index in [1.165, 1.54) is 48.2 Å². The van der Waals surface area contributed by atoms with Gasteiger partial charge in [0.05, 0.1) is 5.69 Å². The Morgan fingerprint density at radius 2 is 1.80 bits per heavy atom. The standard InChI is InChI=1S/C22H24F2N6/c1-15-7-18(12-20(8-15)29-6-5-28-4-2-3-19(28)13-29)26-22-25-14-30(27-22)21-10-16(23)9-17(24)11-21/h7-12,14,19H,2-6,13H2,1H3,(H,26,27)/t19-/m1/s1. The smallest absolute Gasteiger partial charge is 0.246 e. The number of aromatic nitrogens is 3. The zero-order valence-electron chi connectivity index (χ0n) is 16.9. The Hall–Kier alpha value is -3.00. The van der Waals surface area contributed by atoms with E-state index in [-0.39, 0.29) is 5.69 Å². The molecule has 1 N–H and O–H groups in total. The molecule has 2 fully saturated rings. The van der Waals surface area contributed by atoms with Gasteiger partial charge in [-0.25, -0.2) is 13.5 Å². The quantitative estimate of drug-likeness (QED) is 0.707. The van der Waals surface area contributed by atoms with Gasteiger partial charge in [-0.1, -0.05) is 0 Å². The number of piperazine rings is 1. The molecule has 1 atom stereocenters. The molecule has 2 aliphatic heterocycles. The first-order chi connectivity index (χ1) is 14.5. The van der Waals surface area contributed by atoms with Crippen LogP contribution in [0.1, 0.15) is 18.4 Å². The number of hydrogen-bond donors (Lipinski definition) is 1. The summed E-state index contributed by atoms with van der Waals surface area (Å²) in [5, 5.41) is 7.54. The minimum absolute atomic E-state index is 0.285. The van der Waals surface area contributed by atoms with Gasteiger partial charge in [-0.15, -0.1) is 5.10 Å². The van der Waals surface area contributed by atoms with Crippen molar-refractivity contribution in [2.45, 2.75) is 25.8 Å². The van der Waals surface area contributed by atoms with Gasteiger partial charge in [-0.2, -0.15) is 4.98 Å². The normalized spacial score (nSPS) is 19.2. The molecule has 0 bridgehead atoms. The predicted octanol–water partition coefficient (Wildman–Crippen LogP) is 3.88. The molecule has 6 nitrogen and oxygen atoms in total. The lowest BCUT2D eigenvalue weighted by Gasteiger charge is -2.39. The lowest BCUT2D eigenvalue weighted by Crippen LogP contribution is -2.50. The highest BCUT2D eigenvalue weighted by Gasteiger charge is 2.30. The molecule has 156 valence electrons. The van der Waals surface area contributed by atoms with E-state index in [9.17, 15) is 8.78 Å². The number of halogens is 2. The third-order valence-corrected chi connectivity index (χ3v) is 5.87. The van der Waals surface area contributed by atoms with Crippen molar-refractivity contribution in [3.63, 3.8) is 0 Å². The maximum Gasteiger partial charge on any atom is 0.246 e. The van der Waals surface area contributed by atoms with Crippen molar-refractivity contribution in [1.29, 1.82) is 0 Å². The van der Waals surface area contributed by atoms with Gasteiger partial charge in [0, 0.05) is 43.1 Å². The Labute approximate surface area is 174 Å². The highest BCUT2D eigenvalue weighted by atomic mass is 19.1. The second-order valence-electron chi connectivity index (χ2n) is 8.10. The van der Waals surface area contributed by atoms with E-state index in [4.69, 9.17) is 0 Å². The second-order valence-corrected chi connectivity index (χ2v) is 8.10. The fourth-order valence-corrected chi connectivity index (χ4v) is 4.49. The Kier molecular flexibility index (Phi) is 4.86. The van der Waals surface area contributed by atoms with E-state index in [0.717, 1.165) is 37.0 Å². The highest BCUT2D eigenvalue weighted by Crippen LogP contribution is 2.29. The number of aryl methyl sites for hydroxylation is 1. The van der Waals surface area contributed by atoms with E-state index in [0.29, 0.717) is 12.0 Å². The number of hydrogen-bond acceptors (Lipinski definition) is 5. The molecule has 5 rings (SSSR count). The summed E-state index contributed by atoms with van der Waals surface area (Å²) in [7, 11) is 0. The van der Waals surface area contributed by atoms with Crippen LogP contribution in [0.5, 0.6) is 0 Å². The van der Waals surface area contributed by atoms with Crippen LogP contribution in [-0.4, -0.2) is 51.9 Å². The van der Waals surface area contributed by atoms with Crippen LogP contribution in [-0.2, 0) is 0 Å². The van der Waals surface area contributed by atoms with Gasteiger partial charge in [0.25, 0.3) is 0 Å². The van der Waals surface area contributed by atoms with Gasteiger partial charge in [0.2, 0.25) is 5.95 Å². The van der Waals surface area contributed by atoms with Crippen LogP contribution < -0.4 is 10.2 Å². The minimum Gasteiger partial charge on any atom is -0.369 e. The van der Waals surface area contributed by atoms with Gasteiger partial charge in [-0.05, 0) is 62.2 Å². The molecule has 0 saturated carbocycles. The van der Waals surface area contributed by atoms with Gasteiger partial charge < -0.3 is 10.2 Å². The van der Waals surface area contributed by atoms with Crippen LogP contribution in [0.15, 0.2) is 42.7 Å². The Bertz CT molecular complexity index is 1050. The molecule has 30 heavy (non-hydrogen) atoms. The van der Waals surface area contributed by atoms with Crippen LogP contribution in [0.4, 0.5) is 26.1 Å². The Morgan fingerprint density at radius 3 is 2.63 bits per heavy atom. The third kappa shape index (κ3) is 3.87. The number of nitrogens with zero attached hydrogens (tertiary/aromatic N) is 5.